The number of hydrogen-bond acceptors (Lipinski definition) is 3. The summed E-state index contributed by atoms with van der Waals surface area (Å²) >= 11 is 0. The van der Waals surface area contributed by atoms with Crippen LogP contribution in [0.25, 0.3) is 0 Å². The van der Waals surface area contributed by atoms with Crippen molar-refractivity contribution in [2.24, 2.45) is 0 Å². The van der Waals surface area contributed by atoms with Crippen molar-refractivity contribution in [3.8, 4) is 5.75 Å². The van der Waals surface area contributed by atoms with Crippen molar-refractivity contribution in [1.29, 1.82) is 0 Å². The summed E-state index contributed by atoms with van der Waals surface area (Å²) in [5, 5.41) is 0. The Bertz CT molecular complexity index is 671. The third kappa shape index (κ3) is 3.22. The van der Waals surface area contributed by atoms with E-state index < -0.39 is 0 Å². The number of morpholine rings is 1. The Morgan fingerprint density at radius 1 is 1.13 bits per heavy atom. The number of ether oxygens (including phenoxy) is 2. The second-order valence-electron chi connectivity index (χ2n) is 5.74. The minimum absolute atomic E-state index is 0.0146. The average Bonchev–Trinajstić information content (AvgIpc) is 2.62. The third-order valence-corrected chi connectivity index (χ3v) is 4.20. The van der Waals surface area contributed by atoms with Gasteiger partial charge in [-0.25, -0.2) is 0 Å². The summed E-state index contributed by atoms with van der Waals surface area (Å²) in [6.07, 6.45) is -0.0916. The van der Waals surface area contributed by atoms with E-state index in [0.29, 0.717) is 24.5 Å². The molecule has 0 spiro atoms. The normalized spacial score (nSPS) is 21.0. The van der Waals surface area contributed by atoms with Gasteiger partial charge < -0.3 is 14.4 Å². The number of rotatable bonds is 3. The summed E-state index contributed by atoms with van der Waals surface area (Å²) in [6, 6.07) is 17.4. The molecule has 1 heterocycles. The van der Waals surface area contributed by atoms with E-state index in [0.717, 1.165) is 5.56 Å². The number of amides is 1. The molecule has 120 valence electrons. The van der Waals surface area contributed by atoms with E-state index in [4.69, 9.17) is 9.47 Å². The summed E-state index contributed by atoms with van der Waals surface area (Å²) < 4.78 is 11.2. The molecule has 4 nitrogen and oxygen atoms in total. The summed E-state index contributed by atoms with van der Waals surface area (Å²) in [4.78, 5) is 14.8. The molecule has 1 saturated heterocycles. The Morgan fingerprint density at radius 3 is 2.57 bits per heavy atom. The van der Waals surface area contributed by atoms with Gasteiger partial charge in [0.1, 0.15) is 11.9 Å². The minimum Gasteiger partial charge on any atom is -0.496 e. The van der Waals surface area contributed by atoms with Gasteiger partial charge in [0, 0.05) is 0 Å². The molecule has 0 radical (unpaired) electrons. The van der Waals surface area contributed by atoms with Gasteiger partial charge in [0.15, 0.2) is 0 Å². The second kappa shape index (κ2) is 6.84. The van der Waals surface area contributed by atoms with Crippen LogP contribution < -0.4 is 4.74 Å². The predicted octanol–water partition coefficient (Wildman–Crippen LogP) is 3.30. The van der Waals surface area contributed by atoms with Crippen LogP contribution in [0.4, 0.5) is 0 Å². The van der Waals surface area contributed by atoms with Gasteiger partial charge in [-0.15, -0.1) is 0 Å². The summed E-state index contributed by atoms with van der Waals surface area (Å²) in [5.41, 5.74) is 1.69. The second-order valence-corrected chi connectivity index (χ2v) is 5.74. The summed E-state index contributed by atoms with van der Waals surface area (Å²) in [5.74, 6) is 0.589. The molecular formula is C19H21NO3. The van der Waals surface area contributed by atoms with Gasteiger partial charge in [-0.05, 0) is 24.6 Å². The zero-order valence-electron chi connectivity index (χ0n) is 13.4. The quantitative estimate of drug-likeness (QED) is 0.873. The SMILES string of the molecule is COc1ccccc1C(=O)N1CC(c2ccccc2)OCC1C. The predicted molar refractivity (Wildman–Crippen MR) is 88.6 cm³/mol. The van der Waals surface area contributed by atoms with Gasteiger partial charge in [-0.3, -0.25) is 4.79 Å². The van der Waals surface area contributed by atoms with Gasteiger partial charge >= 0.3 is 0 Å². The van der Waals surface area contributed by atoms with Crippen LogP contribution in [0, 0.1) is 0 Å². The molecule has 1 amide bonds. The molecular weight excluding hydrogens is 290 g/mol. The molecule has 2 aromatic rings. The van der Waals surface area contributed by atoms with E-state index in [9.17, 15) is 4.79 Å². The van der Waals surface area contributed by atoms with Crippen LogP contribution in [0.15, 0.2) is 54.6 Å². The fourth-order valence-corrected chi connectivity index (χ4v) is 2.89. The van der Waals surface area contributed by atoms with Gasteiger partial charge in [-0.1, -0.05) is 42.5 Å². The Hall–Kier alpha value is -2.33. The van der Waals surface area contributed by atoms with E-state index in [1.807, 2.05) is 60.4 Å². The molecule has 3 rings (SSSR count). The molecule has 2 atom stereocenters. The molecule has 23 heavy (non-hydrogen) atoms. The lowest BCUT2D eigenvalue weighted by Crippen LogP contribution is -2.48. The van der Waals surface area contributed by atoms with Crippen LogP contribution in [-0.4, -0.2) is 37.1 Å². The van der Waals surface area contributed by atoms with Crippen molar-refractivity contribution >= 4 is 5.91 Å². The highest BCUT2D eigenvalue weighted by Gasteiger charge is 2.32. The zero-order chi connectivity index (χ0) is 16.2. The maximum atomic E-state index is 13.0. The first kappa shape index (κ1) is 15.6. The number of hydrogen-bond donors (Lipinski definition) is 0. The van der Waals surface area contributed by atoms with Crippen LogP contribution >= 0.6 is 0 Å². The number of para-hydroxylation sites is 1. The van der Waals surface area contributed by atoms with E-state index in [2.05, 4.69) is 0 Å². The standard InChI is InChI=1S/C19H21NO3/c1-14-13-23-18(15-8-4-3-5-9-15)12-20(14)19(21)16-10-6-7-11-17(16)22-2/h3-11,14,18H,12-13H2,1-2H3. The van der Waals surface area contributed by atoms with Crippen LogP contribution in [0.5, 0.6) is 5.75 Å². The largest absolute Gasteiger partial charge is 0.496 e. The highest BCUT2D eigenvalue weighted by molar-refractivity contribution is 5.97. The molecule has 1 aliphatic rings. The highest BCUT2D eigenvalue weighted by atomic mass is 16.5. The van der Waals surface area contributed by atoms with Crippen LogP contribution in [0.1, 0.15) is 28.9 Å². The fraction of sp³-hybridized carbons (Fsp3) is 0.316. The van der Waals surface area contributed by atoms with E-state index in [-0.39, 0.29) is 18.1 Å². The topological polar surface area (TPSA) is 38.8 Å². The molecule has 4 heteroatoms. The van der Waals surface area contributed by atoms with Gasteiger partial charge in [0.25, 0.3) is 5.91 Å². The Balaban J connectivity index is 1.84. The Morgan fingerprint density at radius 2 is 1.83 bits per heavy atom. The number of methoxy groups -OCH3 is 1. The van der Waals surface area contributed by atoms with Crippen LogP contribution in [0.2, 0.25) is 0 Å². The van der Waals surface area contributed by atoms with Crippen LogP contribution in [0.3, 0.4) is 0 Å². The van der Waals surface area contributed by atoms with Crippen molar-refractivity contribution in [2.75, 3.05) is 20.3 Å². The maximum Gasteiger partial charge on any atom is 0.258 e. The first-order valence-corrected chi connectivity index (χ1v) is 7.81. The van der Waals surface area contributed by atoms with Gasteiger partial charge in [0.2, 0.25) is 0 Å². The number of carbonyl (C=O) groups excluding carboxylic acids is 1. The minimum atomic E-state index is -0.0916. The smallest absolute Gasteiger partial charge is 0.258 e. The summed E-state index contributed by atoms with van der Waals surface area (Å²) in [6.45, 7) is 3.08. The summed E-state index contributed by atoms with van der Waals surface area (Å²) in [7, 11) is 1.58. The monoisotopic (exact) mass is 311 g/mol. The highest BCUT2D eigenvalue weighted by Crippen LogP contribution is 2.28. The van der Waals surface area contributed by atoms with Gasteiger partial charge in [-0.2, -0.15) is 0 Å². The molecule has 2 unspecified atom stereocenters. The van der Waals surface area contributed by atoms with Crippen LogP contribution in [-0.2, 0) is 4.74 Å². The molecule has 0 aromatic heterocycles. The fourth-order valence-electron chi connectivity index (χ4n) is 2.89. The maximum absolute atomic E-state index is 13.0. The van der Waals surface area contributed by atoms with Crippen molar-refractivity contribution in [3.05, 3.63) is 65.7 Å². The Kier molecular flexibility index (Phi) is 4.63. The first-order valence-electron chi connectivity index (χ1n) is 7.81. The molecule has 1 aliphatic heterocycles. The lowest BCUT2D eigenvalue weighted by molar-refractivity contribution is -0.0487. The zero-order valence-corrected chi connectivity index (χ0v) is 13.4. The number of nitrogens with zero attached hydrogens (tertiary/aromatic N) is 1. The van der Waals surface area contributed by atoms with Crippen molar-refractivity contribution in [2.45, 2.75) is 19.1 Å². The molecule has 0 saturated carbocycles. The average molecular weight is 311 g/mol. The van der Waals surface area contributed by atoms with E-state index in [1.54, 1.807) is 13.2 Å². The molecule has 0 aliphatic carbocycles. The van der Waals surface area contributed by atoms with Gasteiger partial charge in [0.05, 0.1) is 31.9 Å². The number of benzene rings is 2. The van der Waals surface area contributed by atoms with Crippen molar-refractivity contribution in [3.63, 3.8) is 0 Å². The molecule has 2 aromatic carbocycles. The number of carbonyl (C=O) groups is 1. The Labute approximate surface area is 136 Å². The molecule has 0 bridgehead atoms. The third-order valence-electron chi connectivity index (χ3n) is 4.20. The van der Waals surface area contributed by atoms with Crippen molar-refractivity contribution < 1.29 is 14.3 Å². The van der Waals surface area contributed by atoms with E-state index >= 15 is 0 Å². The lowest BCUT2D eigenvalue weighted by Gasteiger charge is -2.38. The first-order chi connectivity index (χ1) is 11.2. The van der Waals surface area contributed by atoms with Crippen molar-refractivity contribution in [1.82, 2.24) is 4.90 Å². The molecule has 1 fully saturated rings. The van der Waals surface area contributed by atoms with E-state index in [1.165, 1.54) is 0 Å². The lowest BCUT2D eigenvalue weighted by atomic mass is 10.0. The molecule has 0 N–H and O–H groups in total.